The van der Waals surface area contributed by atoms with Crippen LogP contribution in [0.2, 0.25) is 0 Å². The van der Waals surface area contributed by atoms with Crippen LogP contribution in [0.4, 0.5) is 10.8 Å². The molecule has 2 aromatic rings. The van der Waals surface area contributed by atoms with Gasteiger partial charge >= 0.3 is 0 Å². The summed E-state index contributed by atoms with van der Waals surface area (Å²) in [6, 6.07) is 5.99. The number of anilines is 2. The molecule has 0 spiro atoms. The summed E-state index contributed by atoms with van der Waals surface area (Å²) in [6.07, 6.45) is 1.74. The number of hydrazone groups is 1. The van der Waals surface area contributed by atoms with Crippen LogP contribution in [0.5, 0.6) is 0 Å². The lowest BCUT2D eigenvalue weighted by Gasteiger charge is -2.23. The number of carbonyl (C=O) groups excluding carboxylic acids is 1. The first kappa shape index (κ1) is 17.6. The topological polar surface area (TPSA) is 58.0 Å². The number of hydrogen-bond donors (Lipinski definition) is 0. The number of aromatic nitrogens is 1. The molecule has 0 radical (unpaired) electrons. The Bertz CT molecular complexity index is 781. The SMILES string of the molecule is CC(=O)N(c1ccc(C)c(C)c1)c1nc(/C=N\N2CCOCC2)cs1. The molecule has 1 fully saturated rings. The summed E-state index contributed by atoms with van der Waals surface area (Å²) >= 11 is 1.44. The van der Waals surface area contributed by atoms with E-state index in [0.29, 0.717) is 18.3 Å². The minimum absolute atomic E-state index is 0.0609. The Labute approximate surface area is 151 Å². The summed E-state index contributed by atoms with van der Waals surface area (Å²) in [7, 11) is 0. The maximum absolute atomic E-state index is 12.2. The van der Waals surface area contributed by atoms with Gasteiger partial charge in [-0.15, -0.1) is 11.3 Å². The van der Waals surface area contributed by atoms with Gasteiger partial charge in [0.05, 0.1) is 43.9 Å². The smallest absolute Gasteiger partial charge is 0.230 e. The van der Waals surface area contributed by atoms with Crippen molar-refractivity contribution in [2.75, 3.05) is 31.2 Å². The second kappa shape index (κ2) is 7.76. The number of ether oxygens (including phenoxy) is 1. The molecule has 0 saturated carbocycles. The van der Waals surface area contributed by atoms with Gasteiger partial charge in [-0.1, -0.05) is 6.07 Å². The number of thiazole rings is 1. The number of nitrogens with zero attached hydrogens (tertiary/aromatic N) is 4. The summed E-state index contributed by atoms with van der Waals surface area (Å²) in [5, 5.41) is 8.97. The predicted octanol–water partition coefficient (Wildman–Crippen LogP) is 3.11. The van der Waals surface area contributed by atoms with Gasteiger partial charge in [-0.2, -0.15) is 5.10 Å². The Morgan fingerprint density at radius 2 is 2.08 bits per heavy atom. The molecule has 2 heterocycles. The molecule has 0 N–H and O–H groups in total. The minimum Gasteiger partial charge on any atom is -0.378 e. The van der Waals surface area contributed by atoms with Crippen molar-refractivity contribution in [3.63, 3.8) is 0 Å². The zero-order valence-electron chi connectivity index (χ0n) is 14.7. The summed E-state index contributed by atoms with van der Waals surface area (Å²) < 4.78 is 5.31. The maximum Gasteiger partial charge on any atom is 0.230 e. The standard InChI is InChI=1S/C18H22N4O2S/c1-13-4-5-17(10-14(13)2)22(15(3)23)18-20-16(12-25-18)11-19-21-6-8-24-9-7-21/h4-5,10-12H,6-9H2,1-3H3/b19-11-. The van der Waals surface area contributed by atoms with E-state index < -0.39 is 0 Å². The van der Waals surface area contributed by atoms with Crippen LogP contribution in [0.1, 0.15) is 23.7 Å². The quantitative estimate of drug-likeness (QED) is 0.788. The lowest BCUT2D eigenvalue weighted by molar-refractivity contribution is -0.115. The normalized spacial score (nSPS) is 14.9. The molecule has 0 atom stereocenters. The van der Waals surface area contributed by atoms with Gasteiger partial charge in [-0.25, -0.2) is 4.98 Å². The molecule has 1 aromatic carbocycles. The maximum atomic E-state index is 12.2. The molecule has 25 heavy (non-hydrogen) atoms. The summed E-state index contributed by atoms with van der Waals surface area (Å²) in [5.74, 6) is -0.0609. The van der Waals surface area contributed by atoms with Gasteiger partial charge in [-0.05, 0) is 37.1 Å². The largest absolute Gasteiger partial charge is 0.378 e. The van der Waals surface area contributed by atoms with Crippen molar-refractivity contribution in [1.82, 2.24) is 9.99 Å². The Morgan fingerprint density at radius 1 is 1.32 bits per heavy atom. The van der Waals surface area contributed by atoms with Crippen LogP contribution in [0.25, 0.3) is 0 Å². The molecule has 0 aliphatic carbocycles. The van der Waals surface area contributed by atoms with E-state index in [1.54, 1.807) is 18.0 Å². The molecule has 1 saturated heterocycles. The third-order valence-corrected chi connectivity index (χ3v) is 4.95. The van der Waals surface area contributed by atoms with Crippen molar-refractivity contribution in [3.8, 4) is 0 Å². The van der Waals surface area contributed by atoms with Gasteiger partial charge in [0.25, 0.3) is 0 Å². The first-order valence-electron chi connectivity index (χ1n) is 8.25. The van der Waals surface area contributed by atoms with Crippen LogP contribution in [0.15, 0.2) is 28.7 Å². The van der Waals surface area contributed by atoms with Gasteiger partial charge in [0, 0.05) is 12.3 Å². The van der Waals surface area contributed by atoms with Crippen molar-refractivity contribution in [2.45, 2.75) is 20.8 Å². The molecule has 6 nitrogen and oxygen atoms in total. The van der Waals surface area contributed by atoms with Crippen LogP contribution in [0.3, 0.4) is 0 Å². The van der Waals surface area contributed by atoms with E-state index in [4.69, 9.17) is 4.74 Å². The van der Waals surface area contributed by atoms with Crippen molar-refractivity contribution in [2.24, 2.45) is 5.10 Å². The van der Waals surface area contributed by atoms with E-state index in [2.05, 4.69) is 17.0 Å². The van der Waals surface area contributed by atoms with Crippen LogP contribution >= 0.6 is 11.3 Å². The first-order chi connectivity index (χ1) is 12.0. The van der Waals surface area contributed by atoms with Gasteiger partial charge in [0.2, 0.25) is 5.91 Å². The average molecular weight is 358 g/mol. The number of rotatable bonds is 4. The minimum atomic E-state index is -0.0609. The summed E-state index contributed by atoms with van der Waals surface area (Å²) in [5.41, 5.74) is 3.93. The number of carbonyl (C=O) groups is 1. The third kappa shape index (κ3) is 4.24. The van der Waals surface area contributed by atoms with Crippen LogP contribution in [-0.4, -0.2) is 48.4 Å². The second-order valence-electron chi connectivity index (χ2n) is 5.99. The third-order valence-electron chi connectivity index (χ3n) is 4.11. The highest BCUT2D eigenvalue weighted by atomic mass is 32.1. The van der Waals surface area contributed by atoms with Gasteiger partial charge in [0.1, 0.15) is 0 Å². The molecular formula is C18H22N4O2S. The molecule has 7 heteroatoms. The van der Waals surface area contributed by atoms with E-state index in [-0.39, 0.29) is 5.91 Å². The average Bonchev–Trinajstić information content (AvgIpc) is 3.05. The van der Waals surface area contributed by atoms with Crippen molar-refractivity contribution >= 4 is 34.3 Å². The fourth-order valence-corrected chi connectivity index (χ4v) is 3.38. The van der Waals surface area contributed by atoms with Gasteiger partial charge < -0.3 is 4.74 Å². The highest BCUT2D eigenvalue weighted by Gasteiger charge is 2.18. The lowest BCUT2D eigenvalue weighted by Crippen LogP contribution is -2.32. The molecule has 3 rings (SSSR count). The van der Waals surface area contributed by atoms with Crippen LogP contribution < -0.4 is 4.90 Å². The molecule has 132 valence electrons. The second-order valence-corrected chi connectivity index (χ2v) is 6.83. The zero-order chi connectivity index (χ0) is 17.8. The first-order valence-corrected chi connectivity index (χ1v) is 9.13. The van der Waals surface area contributed by atoms with Crippen LogP contribution in [0, 0.1) is 13.8 Å². The fourth-order valence-electron chi connectivity index (χ4n) is 2.54. The van der Waals surface area contributed by atoms with Crippen LogP contribution in [-0.2, 0) is 9.53 Å². The summed E-state index contributed by atoms with van der Waals surface area (Å²) in [6.45, 7) is 8.62. The molecule has 0 unspecified atom stereocenters. The van der Waals surface area contributed by atoms with Crippen molar-refractivity contribution in [3.05, 3.63) is 40.4 Å². The van der Waals surface area contributed by atoms with Gasteiger partial charge in [-0.3, -0.25) is 14.7 Å². The van der Waals surface area contributed by atoms with Crippen molar-refractivity contribution < 1.29 is 9.53 Å². The number of benzene rings is 1. The Morgan fingerprint density at radius 3 is 2.76 bits per heavy atom. The number of morpholine rings is 1. The van der Waals surface area contributed by atoms with E-state index in [1.807, 2.05) is 35.5 Å². The molecule has 1 aliphatic heterocycles. The number of hydrogen-bond acceptors (Lipinski definition) is 6. The van der Waals surface area contributed by atoms with Crippen molar-refractivity contribution in [1.29, 1.82) is 0 Å². The highest BCUT2D eigenvalue weighted by molar-refractivity contribution is 7.14. The Hall–Kier alpha value is -2.25. The molecule has 1 aliphatic rings. The molecule has 1 amide bonds. The molecule has 1 aromatic heterocycles. The van der Waals surface area contributed by atoms with E-state index in [9.17, 15) is 4.79 Å². The molecular weight excluding hydrogens is 336 g/mol. The Balaban J connectivity index is 1.81. The highest BCUT2D eigenvalue weighted by Crippen LogP contribution is 2.29. The van der Waals surface area contributed by atoms with Gasteiger partial charge in [0.15, 0.2) is 5.13 Å². The zero-order valence-corrected chi connectivity index (χ0v) is 15.5. The monoisotopic (exact) mass is 358 g/mol. The Kier molecular flexibility index (Phi) is 5.45. The number of aryl methyl sites for hydroxylation is 2. The molecule has 0 bridgehead atoms. The fraction of sp³-hybridized carbons (Fsp3) is 0.389. The number of amides is 1. The van der Waals surface area contributed by atoms with E-state index in [0.717, 1.165) is 30.0 Å². The van der Waals surface area contributed by atoms with E-state index in [1.165, 1.54) is 16.9 Å². The summed E-state index contributed by atoms with van der Waals surface area (Å²) in [4.78, 5) is 18.4. The predicted molar refractivity (Wildman–Crippen MR) is 101 cm³/mol. The van der Waals surface area contributed by atoms with E-state index >= 15 is 0 Å². The lowest BCUT2D eigenvalue weighted by atomic mass is 10.1.